The molecule has 0 radical (unpaired) electrons. The molecule has 162 valence electrons. The Hall–Kier alpha value is -3.27. The van der Waals surface area contributed by atoms with Gasteiger partial charge in [0.1, 0.15) is 5.75 Å². The quantitative estimate of drug-likeness (QED) is 0.474. The van der Waals surface area contributed by atoms with E-state index in [1.54, 1.807) is 0 Å². The Labute approximate surface area is 185 Å². The molecule has 0 aliphatic heterocycles. The van der Waals surface area contributed by atoms with Gasteiger partial charge in [0.25, 0.3) is 5.91 Å². The Morgan fingerprint density at radius 1 is 0.839 bits per heavy atom. The molecule has 0 aromatic heterocycles. The first-order chi connectivity index (χ1) is 14.9. The third-order valence-electron chi connectivity index (χ3n) is 5.72. The maximum absolute atomic E-state index is 12.3. The van der Waals surface area contributed by atoms with Crippen LogP contribution in [0.5, 0.6) is 5.75 Å². The predicted octanol–water partition coefficient (Wildman–Crippen LogP) is 5.88. The first-order valence-electron chi connectivity index (χ1n) is 10.9. The van der Waals surface area contributed by atoms with Crippen LogP contribution in [0.4, 0.5) is 11.4 Å². The highest BCUT2D eigenvalue weighted by atomic mass is 16.5. The van der Waals surface area contributed by atoms with Crippen LogP contribution in [0.3, 0.4) is 0 Å². The SMILES string of the molecule is CCN(CC)c1ccc(NC(=O)COc2ccc(C(C)(C)c3ccccc3)cc2)cc1. The molecule has 0 atom stereocenters. The van der Waals surface area contributed by atoms with Crippen LogP contribution in [0, 0.1) is 0 Å². The summed E-state index contributed by atoms with van der Waals surface area (Å²) in [6.07, 6.45) is 0. The number of hydrogen-bond donors (Lipinski definition) is 1. The Bertz CT molecular complexity index is 960. The molecule has 0 fully saturated rings. The van der Waals surface area contributed by atoms with Gasteiger partial charge in [-0.25, -0.2) is 0 Å². The van der Waals surface area contributed by atoms with Crippen molar-refractivity contribution >= 4 is 17.3 Å². The van der Waals surface area contributed by atoms with Crippen molar-refractivity contribution in [3.63, 3.8) is 0 Å². The molecule has 4 heteroatoms. The molecule has 0 heterocycles. The number of nitrogens with zero attached hydrogens (tertiary/aromatic N) is 1. The van der Waals surface area contributed by atoms with Gasteiger partial charge in [-0.1, -0.05) is 56.3 Å². The molecule has 0 aliphatic rings. The van der Waals surface area contributed by atoms with E-state index in [4.69, 9.17) is 4.74 Å². The van der Waals surface area contributed by atoms with Gasteiger partial charge in [0.15, 0.2) is 6.61 Å². The summed E-state index contributed by atoms with van der Waals surface area (Å²) in [5.74, 6) is 0.504. The number of hydrogen-bond acceptors (Lipinski definition) is 3. The second-order valence-electron chi connectivity index (χ2n) is 8.07. The Balaban J connectivity index is 1.55. The van der Waals surface area contributed by atoms with Gasteiger partial charge in [-0.15, -0.1) is 0 Å². The largest absolute Gasteiger partial charge is 0.484 e. The van der Waals surface area contributed by atoms with Gasteiger partial charge in [0, 0.05) is 29.9 Å². The molecule has 0 spiro atoms. The number of rotatable bonds is 9. The highest BCUT2D eigenvalue weighted by molar-refractivity contribution is 5.92. The first kappa shape index (κ1) is 22.4. The van der Waals surface area contributed by atoms with Gasteiger partial charge in [0.05, 0.1) is 0 Å². The molecule has 0 saturated heterocycles. The van der Waals surface area contributed by atoms with Gasteiger partial charge < -0.3 is 15.0 Å². The molecule has 0 saturated carbocycles. The lowest BCUT2D eigenvalue weighted by Gasteiger charge is -2.26. The van der Waals surface area contributed by atoms with Crippen molar-refractivity contribution in [1.82, 2.24) is 0 Å². The maximum Gasteiger partial charge on any atom is 0.262 e. The molecule has 3 rings (SSSR count). The number of ether oxygens (including phenoxy) is 1. The van der Waals surface area contributed by atoms with Crippen molar-refractivity contribution in [1.29, 1.82) is 0 Å². The van der Waals surface area contributed by atoms with E-state index in [1.165, 1.54) is 11.1 Å². The monoisotopic (exact) mass is 416 g/mol. The highest BCUT2D eigenvalue weighted by Crippen LogP contribution is 2.32. The number of nitrogens with one attached hydrogen (secondary N) is 1. The number of carbonyl (C=O) groups is 1. The standard InChI is InChI=1S/C27H32N2O2/c1-5-29(6-2)24-16-14-23(15-17-24)28-26(30)20-31-25-18-12-22(13-19-25)27(3,4)21-10-8-7-9-11-21/h7-19H,5-6,20H2,1-4H3,(H,28,30). The van der Waals surface area contributed by atoms with E-state index >= 15 is 0 Å². The lowest BCUT2D eigenvalue weighted by Crippen LogP contribution is -2.22. The molecular weight excluding hydrogens is 384 g/mol. The molecule has 3 aromatic carbocycles. The minimum Gasteiger partial charge on any atom is -0.484 e. The van der Waals surface area contributed by atoms with E-state index in [0.29, 0.717) is 5.75 Å². The first-order valence-corrected chi connectivity index (χ1v) is 10.9. The van der Waals surface area contributed by atoms with E-state index in [2.05, 4.69) is 74.3 Å². The second-order valence-corrected chi connectivity index (χ2v) is 8.07. The molecule has 1 N–H and O–H groups in total. The molecule has 31 heavy (non-hydrogen) atoms. The fraction of sp³-hybridized carbons (Fsp3) is 0.296. The molecule has 1 amide bonds. The van der Waals surface area contributed by atoms with E-state index in [-0.39, 0.29) is 17.9 Å². The maximum atomic E-state index is 12.3. The average Bonchev–Trinajstić information content (AvgIpc) is 2.80. The van der Waals surface area contributed by atoms with Gasteiger partial charge >= 0.3 is 0 Å². The summed E-state index contributed by atoms with van der Waals surface area (Å²) in [4.78, 5) is 14.5. The van der Waals surface area contributed by atoms with Crippen molar-refractivity contribution in [3.8, 4) is 5.75 Å². The van der Waals surface area contributed by atoms with Crippen LogP contribution in [0.15, 0.2) is 78.9 Å². The van der Waals surface area contributed by atoms with Crippen molar-refractivity contribution in [2.45, 2.75) is 33.1 Å². The molecule has 3 aromatic rings. The minimum absolute atomic E-state index is 0.0286. The average molecular weight is 417 g/mol. The van der Waals surface area contributed by atoms with Crippen LogP contribution in [0.2, 0.25) is 0 Å². The van der Waals surface area contributed by atoms with Crippen LogP contribution in [-0.2, 0) is 10.2 Å². The summed E-state index contributed by atoms with van der Waals surface area (Å²) in [5.41, 5.74) is 4.27. The zero-order chi connectivity index (χ0) is 22.3. The Morgan fingerprint density at radius 3 is 2.00 bits per heavy atom. The molecule has 4 nitrogen and oxygen atoms in total. The number of carbonyl (C=O) groups excluding carboxylic acids is 1. The Morgan fingerprint density at radius 2 is 1.42 bits per heavy atom. The van der Waals surface area contributed by atoms with Crippen LogP contribution in [-0.4, -0.2) is 25.6 Å². The summed E-state index contributed by atoms with van der Waals surface area (Å²) in [6, 6.07) is 26.3. The highest BCUT2D eigenvalue weighted by Gasteiger charge is 2.22. The molecule has 0 unspecified atom stereocenters. The van der Waals surface area contributed by atoms with Gasteiger partial charge in [-0.05, 0) is 61.4 Å². The fourth-order valence-electron chi connectivity index (χ4n) is 3.68. The van der Waals surface area contributed by atoms with Crippen molar-refractivity contribution < 1.29 is 9.53 Å². The zero-order valence-electron chi connectivity index (χ0n) is 18.9. The number of benzene rings is 3. The van der Waals surface area contributed by atoms with E-state index in [1.807, 2.05) is 42.5 Å². The van der Waals surface area contributed by atoms with E-state index in [9.17, 15) is 4.79 Å². The summed E-state index contributed by atoms with van der Waals surface area (Å²) in [5, 5.41) is 2.89. The number of amides is 1. The van der Waals surface area contributed by atoms with Crippen molar-refractivity contribution in [2.24, 2.45) is 0 Å². The lowest BCUT2D eigenvalue weighted by molar-refractivity contribution is -0.118. The Kier molecular flexibility index (Phi) is 7.35. The summed E-state index contributed by atoms with van der Waals surface area (Å²) >= 11 is 0. The van der Waals surface area contributed by atoms with Crippen LogP contribution in [0.1, 0.15) is 38.8 Å². The second kappa shape index (κ2) is 10.2. The van der Waals surface area contributed by atoms with Gasteiger partial charge in [-0.2, -0.15) is 0 Å². The summed E-state index contributed by atoms with van der Waals surface area (Å²) in [7, 11) is 0. The molecule has 0 aliphatic carbocycles. The van der Waals surface area contributed by atoms with E-state index < -0.39 is 0 Å². The smallest absolute Gasteiger partial charge is 0.262 e. The van der Waals surface area contributed by atoms with Crippen LogP contribution in [0.25, 0.3) is 0 Å². The minimum atomic E-state index is -0.177. The summed E-state index contributed by atoms with van der Waals surface area (Å²) < 4.78 is 5.69. The third-order valence-corrected chi connectivity index (χ3v) is 5.72. The van der Waals surface area contributed by atoms with Crippen molar-refractivity contribution in [2.75, 3.05) is 29.9 Å². The van der Waals surface area contributed by atoms with Crippen LogP contribution < -0.4 is 15.0 Å². The fourth-order valence-corrected chi connectivity index (χ4v) is 3.68. The predicted molar refractivity (Wildman–Crippen MR) is 129 cm³/mol. The third kappa shape index (κ3) is 5.66. The number of anilines is 2. The zero-order valence-corrected chi connectivity index (χ0v) is 18.9. The normalized spacial score (nSPS) is 11.1. The molecular formula is C27H32N2O2. The van der Waals surface area contributed by atoms with Gasteiger partial charge in [0.2, 0.25) is 0 Å². The van der Waals surface area contributed by atoms with E-state index in [0.717, 1.165) is 24.5 Å². The summed E-state index contributed by atoms with van der Waals surface area (Å²) in [6.45, 7) is 10.6. The van der Waals surface area contributed by atoms with Crippen molar-refractivity contribution in [3.05, 3.63) is 90.0 Å². The van der Waals surface area contributed by atoms with Gasteiger partial charge in [-0.3, -0.25) is 4.79 Å². The topological polar surface area (TPSA) is 41.6 Å². The van der Waals surface area contributed by atoms with Crippen LogP contribution >= 0.6 is 0 Å². The lowest BCUT2D eigenvalue weighted by atomic mass is 9.78. The molecule has 0 bridgehead atoms.